The lowest BCUT2D eigenvalue weighted by atomic mass is 10.2. The van der Waals surface area contributed by atoms with Crippen molar-refractivity contribution in [3.05, 3.63) is 47.3 Å². The molecule has 0 saturated heterocycles. The van der Waals surface area contributed by atoms with Crippen molar-refractivity contribution in [2.45, 2.75) is 12.6 Å². The lowest BCUT2D eigenvalue weighted by molar-refractivity contribution is -0.137. The fourth-order valence-corrected chi connectivity index (χ4v) is 3.49. The minimum absolute atomic E-state index is 0.00334. The first-order valence-electron chi connectivity index (χ1n) is 8.32. The summed E-state index contributed by atoms with van der Waals surface area (Å²) >= 11 is 0. The van der Waals surface area contributed by atoms with Crippen LogP contribution in [0.1, 0.15) is 17.7 Å². The predicted octanol–water partition coefficient (Wildman–Crippen LogP) is 1.35. The van der Waals surface area contributed by atoms with Gasteiger partial charge in [0.2, 0.25) is 5.82 Å². The average Bonchev–Trinajstić information content (AvgIpc) is 3.33. The molecule has 0 unspecified atom stereocenters. The summed E-state index contributed by atoms with van der Waals surface area (Å²) in [5, 5.41) is 24.5. The van der Waals surface area contributed by atoms with Crippen LogP contribution in [0.15, 0.2) is 45.7 Å². The number of hydrogen-bond donors (Lipinski definition) is 4. The molecule has 1 aliphatic rings. The number of aromatic nitrogens is 2. The zero-order valence-electron chi connectivity index (χ0n) is 15.1. The summed E-state index contributed by atoms with van der Waals surface area (Å²) < 4.78 is 66.8. The van der Waals surface area contributed by atoms with Crippen LogP contribution in [0.4, 0.5) is 24.7 Å². The monoisotopic (exact) mass is 447 g/mol. The Labute approximate surface area is 168 Å². The Morgan fingerprint density at radius 3 is 2.60 bits per heavy atom. The quantitative estimate of drug-likeness (QED) is 0.293. The second kappa shape index (κ2) is 8.29. The maximum atomic E-state index is 12.7. The Bertz CT molecular complexity index is 1060. The van der Waals surface area contributed by atoms with Crippen molar-refractivity contribution >= 4 is 27.6 Å². The average molecular weight is 447 g/mol. The van der Waals surface area contributed by atoms with Crippen LogP contribution in [0, 0.1) is 0 Å². The van der Waals surface area contributed by atoms with E-state index < -0.39 is 21.9 Å². The summed E-state index contributed by atoms with van der Waals surface area (Å²) in [7, 11) is -3.92. The molecule has 1 aliphatic heterocycles. The van der Waals surface area contributed by atoms with E-state index in [4.69, 9.17) is 5.14 Å². The third-order valence-corrected chi connectivity index (χ3v) is 5.06. The van der Waals surface area contributed by atoms with E-state index in [9.17, 15) is 26.8 Å². The molecule has 0 bridgehead atoms. The molecule has 30 heavy (non-hydrogen) atoms. The van der Waals surface area contributed by atoms with Gasteiger partial charge < -0.3 is 5.32 Å². The highest BCUT2D eigenvalue weighted by Crippen LogP contribution is 2.30. The lowest BCUT2D eigenvalue weighted by Gasteiger charge is -2.19. The molecule has 3 rings (SSSR count). The van der Waals surface area contributed by atoms with Crippen molar-refractivity contribution in [3.63, 3.8) is 0 Å². The molecule has 0 spiro atoms. The molecule has 0 radical (unpaired) electrons. The molecule has 0 atom stereocenters. The van der Waals surface area contributed by atoms with E-state index in [2.05, 4.69) is 25.3 Å². The summed E-state index contributed by atoms with van der Waals surface area (Å²) in [5.41, 5.74) is 1.32. The van der Waals surface area contributed by atoms with Gasteiger partial charge in [-0.25, -0.2) is 14.8 Å². The minimum Gasteiger partial charge on any atom is -0.360 e. The van der Waals surface area contributed by atoms with Gasteiger partial charge >= 0.3 is 6.18 Å². The standard InChI is InChI=1S/C15H16F3N7O4S/c16-15(17,18)9-3-5-10(6-4-9)21-14(22-26)12-13(24-29-23-12)20-8-11-2-1-7-25(11)30(19,27)28/h2-6,26H,1,7-8H2,(H,20,24)(H,21,22)(H2,19,27,28). The van der Waals surface area contributed by atoms with E-state index in [1.165, 1.54) is 0 Å². The van der Waals surface area contributed by atoms with Crippen LogP contribution < -0.4 is 15.9 Å². The molecular weight excluding hydrogens is 431 g/mol. The van der Waals surface area contributed by atoms with Crippen molar-refractivity contribution in [3.8, 4) is 0 Å². The van der Waals surface area contributed by atoms with Gasteiger partial charge in [-0.15, -0.1) is 0 Å². The zero-order chi connectivity index (χ0) is 21.9. The van der Waals surface area contributed by atoms with Gasteiger partial charge in [0.25, 0.3) is 10.2 Å². The topological polar surface area (TPSA) is 159 Å². The number of nitrogens with zero attached hydrogens (tertiary/aromatic N) is 4. The van der Waals surface area contributed by atoms with Gasteiger partial charge in [-0.2, -0.15) is 21.6 Å². The molecule has 0 amide bonds. The van der Waals surface area contributed by atoms with Crippen LogP contribution >= 0.6 is 0 Å². The van der Waals surface area contributed by atoms with Crippen LogP contribution in [-0.2, 0) is 16.4 Å². The number of hydrogen-bond acceptors (Lipinski definition) is 8. The van der Waals surface area contributed by atoms with Crippen LogP contribution in [0.2, 0.25) is 0 Å². The molecule has 2 aromatic rings. The smallest absolute Gasteiger partial charge is 0.360 e. The first-order chi connectivity index (χ1) is 14.1. The third-order valence-electron chi connectivity index (χ3n) is 4.03. The molecule has 0 fully saturated rings. The Morgan fingerprint density at radius 2 is 2.00 bits per heavy atom. The highest BCUT2D eigenvalue weighted by atomic mass is 32.2. The van der Waals surface area contributed by atoms with Gasteiger partial charge in [0.05, 0.1) is 17.8 Å². The third kappa shape index (κ3) is 4.87. The summed E-state index contributed by atoms with van der Waals surface area (Å²) in [6, 6.07) is 3.88. The van der Waals surface area contributed by atoms with E-state index in [1.54, 1.807) is 11.6 Å². The van der Waals surface area contributed by atoms with E-state index in [0.717, 1.165) is 28.6 Å². The first-order valence-corrected chi connectivity index (χ1v) is 9.82. The number of aliphatic imine (C=N–C) groups is 1. The molecule has 0 saturated carbocycles. The normalized spacial score (nSPS) is 15.3. The Hall–Kier alpha value is -3.17. The summed E-state index contributed by atoms with van der Waals surface area (Å²) in [5.74, 6) is -0.258. The largest absolute Gasteiger partial charge is 0.416 e. The number of rotatable bonds is 6. The van der Waals surface area contributed by atoms with Crippen LogP contribution in [-0.4, -0.2) is 47.2 Å². The molecule has 1 aromatic heterocycles. The van der Waals surface area contributed by atoms with E-state index in [0.29, 0.717) is 12.1 Å². The second-order valence-electron chi connectivity index (χ2n) is 6.03. The molecule has 15 heteroatoms. The Kier molecular flexibility index (Phi) is 5.95. The van der Waals surface area contributed by atoms with Crippen molar-refractivity contribution in [2.75, 3.05) is 18.4 Å². The van der Waals surface area contributed by atoms with Crippen molar-refractivity contribution in [1.29, 1.82) is 0 Å². The second-order valence-corrected chi connectivity index (χ2v) is 7.50. The van der Waals surface area contributed by atoms with Gasteiger partial charge in [0.15, 0.2) is 11.5 Å². The minimum atomic E-state index is -4.49. The molecule has 1 aromatic carbocycles. The predicted molar refractivity (Wildman–Crippen MR) is 97.9 cm³/mol. The molecule has 2 heterocycles. The SMILES string of the molecule is NS(=O)(=O)N1CCC=C1CNc1nonc1C(=Nc1ccc(C(F)(F)F)cc1)NO. The number of nitrogens with two attached hydrogens (primary N) is 1. The van der Waals surface area contributed by atoms with Crippen LogP contribution in [0.5, 0.6) is 0 Å². The molecule has 162 valence electrons. The highest BCUT2D eigenvalue weighted by molar-refractivity contribution is 7.86. The maximum absolute atomic E-state index is 12.7. The Morgan fingerprint density at radius 1 is 1.30 bits per heavy atom. The lowest BCUT2D eigenvalue weighted by Crippen LogP contribution is -2.36. The van der Waals surface area contributed by atoms with E-state index in [1.807, 2.05) is 0 Å². The number of anilines is 1. The zero-order valence-corrected chi connectivity index (χ0v) is 15.9. The summed E-state index contributed by atoms with van der Waals surface area (Å²) in [6.07, 6.45) is -2.34. The number of benzene rings is 1. The number of halogens is 3. The fraction of sp³-hybridized carbons (Fsp3) is 0.267. The van der Waals surface area contributed by atoms with Crippen molar-refractivity contribution in [2.24, 2.45) is 10.1 Å². The van der Waals surface area contributed by atoms with Gasteiger partial charge in [0.1, 0.15) is 0 Å². The van der Waals surface area contributed by atoms with Crippen LogP contribution in [0.3, 0.4) is 0 Å². The maximum Gasteiger partial charge on any atom is 0.416 e. The molecule has 5 N–H and O–H groups in total. The number of hydroxylamine groups is 1. The molecular formula is C15H16F3N7O4S. The molecule has 11 nitrogen and oxygen atoms in total. The molecule has 0 aliphatic carbocycles. The van der Waals surface area contributed by atoms with Gasteiger partial charge in [-0.1, -0.05) is 6.08 Å². The fourth-order valence-electron chi connectivity index (χ4n) is 2.66. The van der Waals surface area contributed by atoms with Gasteiger partial charge in [-0.05, 0) is 41.0 Å². The first kappa shape index (κ1) is 21.5. The summed E-state index contributed by atoms with van der Waals surface area (Å²) in [6.45, 7) is 0.204. The summed E-state index contributed by atoms with van der Waals surface area (Å²) in [4.78, 5) is 3.98. The van der Waals surface area contributed by atoms with Crippen LogP contribution in [0.25, 0.3) is 0 Å². The van der Waals surface area contributed by atoms with Crippen molar-refractivity contribution < 1.29 is 31.4 Å². The number of amidine groups is 1. The number of alkyl halides is 3. The van der Waals surface area contributed by atoms with Crippen molar-refractivity contribution in [1.82, 2.24) is 20.1 Å². The highest BCUT2D eigenvalue weighted by Gasteiger charge is 2.30. The Balaban J connectivity index is 1.78. The number of nitrogens with one attached hydrogen (secondary N) is 2. The van der Waals surface area contributed by atoms with Gasteiger partial charge in [-0.3, -0.25) is 15.0 Å². The van der Waals surface area contributed by atoms with Gasteiger partial charge in [0, 0.05) is 12.2 Å². The van der Waals surface area contributed by atoms with E-state index in [-0.39, 0.29) is 36.1 Å². The van der Waals surface area contributed by atoms with E-state index >= 15 is 0 Å².